The highest BCUT2D eigenvalue weighted by molar-refractivity contribution is 6.30. The number of pyridine rings is 2. The molecule has 0 atom stereocenters. The van der Waals surface area contributed by atoms with Crippen molar-refractivity contribution in [1.29, 1.82) is 0 Å². The number of hydrogen-bond donors (Lipinski definition) is 0. The molecule has 7 heteroatoms. The van der Waals surface area contributed by atoms with E-state index in [4.69, 9.17) is 11.6 Å². The van der Waals surface area contributed by atoms with E-state index in [2.05, 4.69) is 9.97 Å². The lowest BCUT2D eigenvalue weighted by molar-refractivity contribution is -0.118. The number of rotatable bonds is 7. The highest BCUT2D eigenvalue weighted by Crippen LogP contribution is 2.26. The maximum Gasteiger partial charge on any atom is 0.226 e. The van der Waals surface area contributed by atoms with Crippen LogP contribution in [-0.4, -0.2) is 28.7 Å². The Bertz CT molecular complexity index is 1070. The Balaban J connectivity index is 1.71. The van der Waals surface area contributed by atoms with Crippen molar-refractivity contribution in [3.05, 3.63) is 77.0 Å². The molecular weight excluding hydrogens is 405 g/mol. The molecule has 0 aliphatic carbocycles. The molecule has 5 nitrogen and oxygen atoms in total. The fraction of sp³-hybridized carbons (Fsp3) is 0.217. The minimum atomic E-state index is -0.485. The van der Waals surface area contributed by atoms with Gasteiger partial charge in [-0.1, -0.05) is 24.6 Å². The van der Waals surface area contributed by atoms with E-state index in [0.29, 0.717) is 40.5 Å². The summed E-state index contributed by atoms with van der Waals surface area (Å²) in [6.45, 7) is 1.75. The summed E-state index contributed by atoms with van der Waals surface area (Å²) in [5.41, 5.74) is 2.45. The Kier molecular flexibility index (Phi) is 6.90. The molecule has 30 heavy (non-hydrogen) atoms. The molecule has 0 saturated carbocycles. The number of halogens is 2. The van der Waals surface area contributed by atoms with Crippen molar-refractivity contribution >= 4 is 29.0 Å². The summed E-state index contributed by atoms with van der Waals surface area (Å²) in [4.78, 5) is 33.9. The lowest BCUT2D eigenvalue weighted by atomic mass is 10.0. The third-order valence-corrected chi connectivity index (χ3v) is 5.18. The number of hydrogen-bond acceptors (Lipinski definition) is 4. The number of amides is 1. The third-order valence-electron chi connectivity index (χ3n) is 4.84. The molecule has 1 aromatic carbocycles. The van der Waals surface area contributed by atoms with Crippen LogP contribution < -0.4 is 4.90 Å². The second-order valence-electron chi connectivity index (χ2n) is 6.78. The van der Waals surface area contributed by atoms with Gasteiger partial charge in [0.15, 0.2) is 5.78 Å². The van der Waals surface area contributed by atoms with Gasteiger partial charge in [0.1, 0.15) is 11.0 Å². The predicted octanol–water partition coefficient (Wildman–Crippen LogP) is 5.12. The Morgan fingerprint density at radius 1 is 1.13 bits per heavy atom. The second kappa shape index (κ2) is 9.59. The molecule has 0 bridgehead atoms. The lowest BCUT2D eigenvalue weighted by Crippen LogP contribution is -2.25. The lowest BCUT2D eigenvalue weighted by Gasteiger charge is -2.17. The number of carbonyl (C=O) groups is 2. The van der Waals surface area contributed by atoms with E-state index < -0.39 is 5.82 Å². The van der Waals surface area contributed by atoms with E-state index in [1.165, 1.54) is 17.2 Å². The number of benzene rings is 1. The first-order chi connectivity index (χ1) is 14.4. The average Bonchev–Trinajstić information content (AvgIpc) is 2.77. The van der Waals surface area contributed by atoms with Gasteiger partial charge >= 0.3 is 0 Å². The fourth-order valence-electron chi connectivity index (χ4n) is 3.02. The largest absolute Gasteiger partial charge is 0.315 e. The van der Waals surface area contributed by atoms with Crippen molar-refractivity contribution in [2.75, 3.05) is 11.9 Å². The highest BCUT2D eigenvalue weighted by atomic mass is 35.5. The topological polar surface area (TPSA) is 63.2 Å². The maximum absolute atomic E-state index is 14.6. The first-order valence-electron chi connectivity index (χ1n) is 9.55. The molecule has 0 unspecified atom stereocenters. The summed E-state index contributed by atoms with van der Waals surface area (Å²) in [7, 11) is 1.61. The van der Waals surface area contributed by atoms with Gasteiger partial charge in [0, 0.05) is 49.1 Å². The fourth-order valence-corrected chi connectivity index (χ4v) is 3.23. The maximum atomic E-state index is 14.6. The van der Waals surface area contributed by atoms with E-state index in [-0.39, 0.29) is 18.1 Å². The van der Waals surface area contributed by atoms with Gasteiger partial charge in [-0.15, -0.1) is 0 Å². The molecular formula is C23H21ClFN3O2. The smallest absolute Gasteiger partial charge is 0.226 e. The SMILES string of the molecule is CCC(=O)N(C)c1ccc(-c2ccc(C(=O)CCc3cccnc3Cl)cn2)c(F)c1. The van der Waals surface area contributed by atoms with Crippen LogP contribution >= 0.6 is 11.6 Å². The quantitative estimate of drug-likeness (QED) is 0.389. The van der Waals surface area contributed by atoms with E-state index in [0.717, 1.165) is 5.56 Å². The highest BCUT2D eigenvalue weighted by Gasteiger charge is 2.14. The summed E-state index contributed by atoms with van der Waals surface area (Å²) in [5.74, 6) is -0.666. The zero-order chi connectivity index (χ0) is 21.7. The number of Topliss-reactive ketones (excluding diaryl/α,β-unsaturated/α-hetero) is 1. The molecule has 1 amide bonds. The van der Waals surface area contributed by atoms with Crippen LogP contribution in [0.4, 0.5) is 10.1 Å². The number of anilines is 1. The Morgan fingerprint density at radius 3 is 2.57 bits per heavy atom. The molecule has 154 valence electrons. The molecule has 3 aromatic rings. The molecule has 0 spiro atoms. The van der Waals surface area contributed by atoms with Crippen molar-refractivity contribution in [2.24, 2.45) is 0 Å². The van der Waals surface area contributed by atoms with Crippen molar-refractivity contribution in [1.82, 2.24) is 9.97 Å². The minimum Gasteiger partial charge on any atom is -0.315 e. The summed E-state index contributed by atoms with van der Waals surface area (Å²) in [5, 5.41) is 0.393. The van der Waals surface area contributed by atoms with Crippen LogP contribution in [0.5, 0.6) is 0 Å². The zero-order valence-corrected chi connectivity index (χ0v) is 17.5. The van der Waals surface area contributed by atoms with Gasteiger partial charge in [-0.05, 0) is 48.4 Å². The van der Waals surface area contributed by atoms with E-state index in [9.17, 15) is 14.0 Å². The molecule has 2 aromatic heterocycles. The number of aryl methyl sites for hydroxylation is 1. The summed E-state index contributed by atoms with van der Waals surface area (Å²) >= 11 is 6.02. The normalized spacial score (nSPS) is 10.7. The average molecular weight is 426 g/mol. The monoisotopic (exact) mass is 425 g/mol. The van der Waals surface area contributed by atoms with Crippen LogP contribution in [0, 0.1) is 5.82 Å². The Labute approximate surface area is 179 Å². The third kappa shape index (κ3) is 4.89. The second-order valence-corrected chi connectivity index (χ2v) is 7.14. The number of ketones is 1. The summed E-state index contributed by atoms with van der Waals surface area (Å²) in [6.07, 6.45) is 4.13. The van der Waals surface area contributed by atoms with E-state index in [1.54, 1.807) is 50.5 Å². The zero-order valence-electron chi connectivity index (χ0n) is 16.7. The van der Waals surface area contributed by atoms with E-state index >= 15 is 0 Å². The summed E-state index contributed by atoms with van der Waals surface area (Å²) < 4.78 is 14.6. The molecule has 0 aliphatic rings. The van der Waals surface area contributed by atoms with Crippen molar-refractivity contribution in [3.63, 3.8) is 0 Å². The number of aromatic nitrogens is 2. The van der Waals surface area contributed by atoms with Gasteiger partial charge in [0.2, 0.25) is 5.91 Å². The van der Waals surface area contributed by atoms with Crippen LogP contribution in [0.3, 0.4) is 0 Å². The first-order valence-corrected chi connectivity index (χ1v) is 9.93. The molecule has 0 fully saturated rings. The standard InChI is InChI=1S/C23H21ClFN3O2/c1-3-22(30)28(2)17-8-9-18(19(25)13-17)20-10-6-16(14-27-20)21(29)11-7-15-5-4-12-26-23(15)24/h4-6,8-10,12-14H,3,7,11H2,1-2H3. The van der Waals surface area contributed by atoms with Gasteiger partial charge < -0.3 is 4.90 Å². The van der Waals surface area contributed by atoms with Crippen molar-refractivity contribution in [2.45, 2.75) is 26.2 Å². The van der Waals surface area contributed by atoms with Crippen LogP contribution in [0.25, 0.3) is 11.3 Å². The number of nitrogens with zero attached hydrogens (tertiary/aromatic N) is 3. The van der Waals surface area contributed by atoms with Crippen molar-refractivity contribution in [3.8, 4) is 11.3 Å². The molecule has 0 saturated heterocycles. The Morgan fingerprint density at radius 2 is 1.93 bits per heavy atom. The van der Waals surface area contributed by atoms with Gasteiger partial charge in [-0.25, -0.2) is 9.37 Å². The van der Waals surface area contributed by atoms with Crippen LogP contribution in [0.2, 0.25) is 5.15 Å². The molecule has 2 heterocycles. The molecule has 0 aliphatic heterocycles. The van der Waals surface area contributed by atoms with Crippen LogP contribution in [0.15, 0.2) is 54.9 Å². The number of carbonyl (C=O) groups excluding carboxylic acids is 2. The Hall–Kier alpha value is -3.12. The van der Waals surface area contributed by atoms with Crippen molar-refractivity contribution < 1.29 is 14.0 Å². The van der Waals surface area contributed by atoms with Crippen LogP contribution in [0.1, 0.15) is 35.7 Å². The molecule has 0 N–H and O–H groups in total. The molecule has 0 radical (unpaired) electrons. The van der Waals surface area contributed by atoms with Gasteiger partial charge in [-0.2, -0.15) is 0 Å². The van der Waals surface area contributed by atoms with Gasteiger partial charge in [-0.3, -0.25) is 14.6 Å². The van der Waals surface area contributed by atoms with Crippen LogP contribution in [-0.2, 0) is 11.2 Å². The first kappa shape index (κ1) is 21.6. The molecule has 3 rings (SSSR count). The summed E-state index contributed by atoms with van der Waals surface area (Å²) in [6, 6.07) is 11.4. The predicted molar refractivity (Wildman–Crippen MR) is 115 cm³/mol. The van der Waals surface area contributed by atoms with E-state index in [1.807, 2.05) is 6.07 Å². The van der Waals surface area contributed by atoms with Gasteiger partial charge in [0.25, 0.3) is 0 Å². The van der Waals surface area contributed by atoms with Gasteiger partial charge in [0.05, 0.1) is 5.69 Å². The minimum absolute atomic E-state index is 0.0792.